The second kappa shape index (κ2) is 11.1. The molecule has 0 spiro atoms. The Kier molecular flexibility index (Phi) is 8.56. The molecule has 0 radical (unpaired) electrons. The van der Waals surface area contributed by atoms with E-state index in [0.717, 1.165) is 0 Å². The summed E-state index contributed by atoms with van der Waals surface area (Å²) in [6.07, 6.45) is 3.88. The third-order valence-corrected chi connectivity index (χ3v) is 5.12. The Hall–Kier alpha value is -3.40. The van der Waals surface area contributed by atoms with Gasteiger partial charge in [0.2, 0.25) is 11.8 Å². The summed E-state index contributed by atoms with van der Waals surface area (Å²) in [5, 5.41) is 24.1. The van der Waals surface area contributed by atoms with Gasteiger partial charge in [0.15, 0.2) is 0 Å². The van der Waals surface area contributed by atoms with Crippen LogP contribution < -0.4 is 16.4 Å². The van der Waals surface area contributed by atoms with Crippen LogP contribution in [0.2, 0.25) is 0 Å². The van der Waals surface area contributed by atoms with Crippen LogP contribution in [0.3, 0.4) is 0 Å². The number of H-pyrrole nitrogens is 1. The van der Waals surface area contributed by atoms with Crippen LogP contribution in [-0.2, 0) is 27.2 Å². The van der Waals surface area contributed by atoms with Crippen LogP contribution in [0.5, 0.6) is 5.75 Å². The zero-order valence-electron chi connectivity index (χ0n) is 17.5. The molecule has 4 atom stereocenters. The predicted octanol–water partition coefficient (Wildman–Crippen LogP) is 0.328. The Bertz CT molecular complexity index is 869. The highest BCUT2D eigenvalue weighted by atomic mass is 16.4. The highest BCUT2D eigenvalue weighted by molar-refractivity contribution is 5.92. The number of phenols is 1. The first-order valence-corrected chi connectivity index (χ1v) is 10.1. The number of carboxylic acid groups (broad SMARTS) is 1. The first-order chi connectivity index (χ1) is 14.7. The van der Waals surface area contributed by atoms with Gasteiger partial charge in [-0.3, -0.25) is 9.59 Å². The summed E-state index contributed by atoms with van der Waals surface area (Å²) in [4.78, 5) is 43.9. The highest BCUT2D eigenvalue weighted by Gasteiger charge is 2.30. The van der Waals surface area contributed by atoms with E-state index in [1.54, 1.807) is 25.3 Å². The molecule has 10 nitrogen and oxygen atoms in total. The summed E-state index contributed by atoms with van der Waals surface area (Å²) in [7, 11) is 0. The van der Waals surface area contributed by atoms with Crippen molar-refractivity contribution in [1.29, 1.82) is 0 Å². The van der Waals surface area contributed by atoms with Crippen LogP contribution in [0.1, 0.15) is 31.5 Å². The third-order valence-electron chi connectivity index (χ3n) is 5.12. The maximum Gasteiger partial charge on any atom is 0.326 e. The smallest absolute Gasteiger partial charge is 0.326 e. The van der Waals surface area contributed by atoms with E-state index >= 15 is 0 Å². The minimum absolute atomic E-state index is 0.0677. The zero-order valence-corrected chi connectivity index (χ0v) is 17.5. The number of aromatic amines is 1. The molecular formula is C21H29N5O5. The predicted molar refractivity (Wildman–Crippen MR) is 113 cm³/mol. The molecule has 1 aromatic carbocycles. The number of carboxylic acids is 1. The minimum Gasteiger partial charge on any atom is -0.508 e. The van der Waals surface area contributed by atoms with E-state index < -0.39 is 35.9 Å². The van der Waals surface area contributed by atoms with Gasteiger partial charge in [-0.2, -0.15) is 0 Å². The topological polar surface area (TPSA) is 170 Å². The molecule has 4 unspecified atom stereocenters. The molecule has 1 aromatic heterocycles. The van der Waals surface area contributed by atoms with Crippen molar-refractivity contribution >= 4 is 17.8 Å². The van der Waals surface area contributed by atoms with Crippen molar-refractivity contribution in [3.63, 3.8) is 0 Å². The molecule has 168 valence electrons. The molecule has 2 aromatic rings. The lowest BCUT2D eigenvalue weighted by Gasteiger charge is -2.25. The molecular weight excluding hydrogens is 402 g/mol. The number of aromatic hydroxyl groups is 1. The molecule has 0 saturated carbocycles. The first kappa shape index (κ1) is 23.9. The SMILES string of the molecule is CCC(C)C(NC(=O)C(Cc1ccc(O)cc1)NC(=O)C(N)Cc1cnc[nH]1)C(=O)O. The monoisotopic (exact) mass is 431 g/mol. The van der Waals surface area contributed by atoms with Gasteiger partial charge in [-0.25, -0.2) is 9.78 Å². The number of hydrogen-bond donors (Lipinski definition) is 6. The van der Waals surface area contributed by atoms with Crippen molar-refractivity contribution in [1.82, 2.24) is 20.6 Å². The van der Waals surface area contributed by atoms with Crippen LogP contribution in [0.25, 0.3) is 0 Å². The molecule has 10 heteroatoms. The van der Waals surface area contributed by atoms with E-state index in [4.69, 9.17) is 5.73 Å². The Balaban J connectivity index is 2.16. The van der Waals surface area contributed by atoms with Gasteiger partial charge in [0.1, 0.15) is 17.8 Å². The van der Waals surface area contributed by atoms with E-state index in [9.17, 15) is 24.6 Å². The summed E-state index contributed by atoms with van der Waals surface area (Å²) in [6, 6.07) is 3.11. The number of rotatable bonds is 11. The Morgan fingerprint density at radius 3 is 2.35 bits per heavy atom. The number of phenolic OH excluding ortho intramolecular Hbond substituents is 1. The summed E-state index contributed by atoms with van der Waals surface area (Å²) in [5.41, 5.74) is 7.32. The van der Waals surface area contributed by atoms with Crippen LogP contribution in [0.4, 0.5) is 0 Å². The van der Waals surface area contributed by atoms with Crippen molar-refractivity contribution in [2.75, 3.05) is 0 Å². The van der Waals surface area contributed by atoms with E-state index in [0.29, 0.717) is 17.7 Å². The van der Waals surface area contributed by atoms with Crippen LogP contribution >= 0.6 is 0 Å². The van der Waals surface area contributed by atoms with E-state index in [-0.39, 0.29) is 24.5 Å². The number of carbonyl (C=O) groups is 3. The maximum absolute atomic E-state index is 12.9. The lowest BCUT2D eigenvalue weighted by atomic mass is 9.98. The van der Waals surface area contributed by atoms with Crippen LogP contribution in [0.15, 0.2) is 36.8 Å². The molecule has 0 fully saturated rings. The fraction of sp³-hybridized carbons (Fsp3) is 0.429. The van der Waals surface area contributed by atoms with Gasteiger partial charge in [-0.1, -0.05) is 32.4 Å². The number of nitrogens with two attached hydrogens (primary N) is 1. The molecule has 2 amide bonds. The fourth-order valence-corrected chi connectivity index (χ4v) is 3.02. The summed E-state index contributed by atoms with van der Waals surface area (Å²) in [6.45, 7) is 3.56. The zero-order chi connectivity index (χ0) is 23.0. The maximum atomic E-state index is 12.9. The summed E-state index contributed by atoms with van der Waals surface area (Å²) < 4.78 is 0. The molecule has 7 N–H and O–H groups in total. The lowest BCUT2D eigenvalue weighted by molar-refractivity contribution is -0.143. The van der Waals surface area contributed by atoms with Crippen molar-refractivity contribution in [3.05, 3.63) is 48.0 Å². The first-order valence-electron chi connectivity index (χ1n) is 10.1. The van der Waals surface area contributed by atoms with Gasteiger partial charge in [0.05, 0.1) is 12.4 Å². The number of nitrogens with zero attached hydrogens (tertiary/aromatic N) is 1. The van der Waals surface area contributed by atoms with Crippen LogP contribution in [0, 0.1) is 5.92 Å². The number of amides is 2. The molecule has 0 aliphatic rings. The van der Waals surface area contributed by atoms with Crippen molar-refractivity contribution in [2.45, 2.75) is 51.2 Å². The van der Waals surface area contributed by atoms with Crippen molar-refractivity contribution < 1.29 is 24.6 Å². The van der Waals surface area contributed by atoms with Gasteiger partial charge >= 0.3 is 5.97 Å². The Morgan fingerprint density at radius 1 is 1.13 bits per heavy atom. The fourth-order valence-electron chi connectivity index (χ4n) is 3.02. The second-order valence-corrected chi connectivity index (χ2v) is 7.53. The van der Waals surface area contributed by atoms with Crippen LogP contribution in [-0.4, -0.2) is 56.1 Å². The molecule has 0 saturated heterocycles. The third kappa shape index (κ3) is 7.10. The van der Waals surface area contributed by atoms with Crippen molar-refractivity contribution in [3.8, 4) is 5.75 Å². The van der Waals surface area contributed by atoms with Crippen molar-refractivity contribution in [2.24, 2.45) is 11.7 Å². The summed E-state index contributed by atoms with van der Waals surface area (Å²) in [5.74, 6) is -2.55. The number of aliphatic carboxylic acids is 1. The van der Waals surface area contributed by atoms with Gasteiger partial charge < -0.3 is 31.6 Å². The number of imidazole rings is 1. The molecule has 0 aliphatic heterocycles. The number of hydrogen-bond acceptors (Lipinski definition) is 6. The van der Waals surface area contributed by atoms with E-state index in [1.165, 1.54) is 18.5 Å². The standard InChI is InChI=1S/C21H29N5O5/c1-3-12(2)18(21(30)31)26-20(29)17(8-13-4-6-15(27)7-5-13)25-19(28)16(22)9-14-10-23-11-24-14/h4-7,10-12,16-18,27H,3,8-9,22H2,1-2H3,(H,23,24)(H,25,28)(H,26,29)(H,30,31). The van der Waals surface area contributed by atoms with E-state index in [1.807, 2.05) is 6.92 Å². The van der Waals surface area contributed by atoms with Gasteiger partial charge in [-0.05, 0) is 23.6 Å². The lowest BCUT2D eigenvalue weighted by Crippen LogP contribution is -2.56. The summed E-state index contributed by atoms with van der Waals surface area (Å²) >= 11 is 0. The average molecular weight is 431 g/mol. The number of carbonyl (C=O) groups excluding carboxylic acids is 2. The minimum atomic E-state index is -1.15. The Labute approximate surface area is 180 Å². The largest absolute Gasteiger partial charge is 0.508 e. The second-order valence-electron chi connectivity index (χ2n) is 7.53. The quantitative estimate of drug-likeness (QED) is 0.298. The highest BCUT2D eigenvalue weighted by Crippen LogP contribution is 2.13. The molecule has 2 rings (SSSR count). The van der Waals surface area contributed by atoms with Gasteiger partial charge in [-0.15, -0.1) is 0 Å². The van der Waals surface area contributed by atoms with Gasteiger partial charge in [0, 0.05) is 24.7 Å². The van der Waals surface area contributed by atoms with Gasteiger partial charge in [0.25, 0.3) is 0 Å². The molecule has 31 heavy (non-hydrogen) atoms. The average Bonchev–Trinajstić information content (AvgIpc) is 3.25. The number of aromatic nitrogens is 2. The normalized spacial score (nSPS) is 14.8. The molecule has 1 heterocycles. The molecule has 0 aliphatic carbocycles. The Morgan fingerprint density at radius 2 is 1.81 bits per heavy atom. The van der Waals surface area contributed by atoms with E-state index in [2.05, 4.69) is 20.6 Å². The number of benzene rings is 1. The molecule has 0 bridgehead atoms. The number of nitrogens with one attached hydrogen (secondary N) is 3.